The summed E-state index contributed by atoms with van der Waals surface area (Å²) in [6, 6.07) is 13.7. The van der Waals surface area contributed by atoms with Crippen LogP contribution in [-0.2, 0) is 12.8 Å². The van der Waals surface area contributed by atoms with Crippen LogP contribution in [0.2, 0.25) is 0 Å². The zero-order chi connectivity index (χ0) is 20.3. The molecule has 5 heteroatoms. The highest BCUT2D eigenvalue weighted by atomic mass is 19.1. The van der Waals surface area contributed by atoms with Gasteiger partial charge in [-0.05, 0) is 42.2 Å². The lowest BCUT2D eigenvalue weighted by atomic mass is 9.94. The van der Waals surface area contributed by atoms with Gasteiger partial charge in [-0.1, -0.05) is 44.2 Å². The minimum absolute atomic E-state index is 0.0232. The van der Waals surface area contributed by atoms with E-state index in [9.17, 15) is 18.7 Å². The number of rotatable bonds is 6. The summed E-state index contributed by atoms with van der Waals surface area (Å²) in [5, 5.41) is 9.71. The molecule has 28 heavy (non-hydrogen) atoms. The maximum atomic E-state index is 14.4. The van der Waals surface area contributed by atoms with Crippen LogP contribution in [0, 0.1) is 17.6 Å². The number of nitrogens with zero attached hydrogens (tertiary/aromatic N) is 1. The van der Waals surface area contributed by atoms with Gasteiger partial charge in [0.25, 0.3) is 0 Å². The van der Waals surface area contributed by atoms with Crippen LogP contribution in [0.4, 0.5) is 8.78 Å². The Kier molecular flexibility index (Phi) is 5.83. The van der Waals surface area contributed by atoms with Gasteiger partial charge in [0, 0.05) is 23.2 Å². The summed E-state index contributed by atoms with van der Waals surface area (Å²) >= 11 is 0. The average molecular weight is 381 g/mol. The van der Waals surface area contributed by atoms with Gasteiger partial charge in [-0.15, -0.1) is 0 Å². The minimum Gasteiger partial charge on any atom is -0.478 e. The van der Waals surface area contributed by atoms with Gasteiger partial charge in [-0.2, -0.15) is 0 Å². The number of carboxylic acids is 1. The van der Waals surface area contributed by atoms with Crippen LogP contribution in [0.15, 0.2) is 54.6 Å². The molecule has 0 unspecified atom stereocenters. The lowest BCUT2D eigenvalue weighted by Crippen LogP contribution is -2.11. The van der Waals surface area contributed by atoms with Crippen LogP contribution in [-0.4, -0.2) is 16.1 Å². The molecule has 0 aliphatic carbocycles. The van der Waals surface area contributed by atoms with Crippen molar-refractivity contribution in [3.05, 3.63) is 88.7 Å². The van der Waals surface area contributed by atoms with Crippen molar-refractivity contribution in [2.24, 2.45) is 5.92 Å². The predicted octanol–water partition coefficient (Wildman–Crippen LogP) is 5.51. The molecule has 1 N–H and O–H groups in total. The molecule has 3 nitrogen and oxygen atoms in total. The molecule has 3 aromatic rings. The van der Waals surface area contributed by atoms with Crippen LogP contribution in [0.3, 0.4) is 0 Å². The Morgan fingerprint density at radius 1 is 1.00 bits per heavy atom. The fourth-order valence-electron chi connectivity index (χ4n) is 3.16. The van der Waals surface area contributed by atoms with Crippen molar-refractivity contribution in [3.8, 4) is 11.1 Å². The topological polar surface area (TPSA) is 50.2 Å². The van der Waals surface area contributed by atoms with Gasteiger partial charge in [0.05, 0.1) is 11.3 Å². The maximum absolute atomic E-state index is 14.4. The molecule has 0 amide bonds. The highest BCUT2D eigenvalue weighted by Gasteiger charge is 2.20. The highest BCUT2D eigenvalue weighted by molar-refractivity contribution is 5.91. The van der Waals surface area contributed by atoms with Crippen molar-refractivity contribution < 1.29 is 18.7 Å². The largest absolute Gasteiger partial charge is 0.478 e. The van der Waals surface area contributed by atoms with E-state index >= 15 is 0 Å². The molecule has 0 radical (unpaired) electrons. The van der Waals surface area contributed by atoms with E-state index in [4.69, 9.17) is 0 Å². The maximum Gasteiger partial charge on any atom is 0.337 e. The van der Waals surface area contributed by atoms with Gasteiger partial charge in [0.15, 0.2) is 0 Å². The molecule has 1 aromatic heterocycles. The summed E-state index contributed by atoms with van der Waals surface area (Å²) in [4.78, 5) is 16.5. The van der Waals surface area contributed by atoms with Crippen molar-refractivity contribution in [3.63, 3.8) is 0 Å². The molecule has 0 atom stereocenters. The summed E-state index contributed by atoms with van der Waals surface area (Å²) in [6.45, 7) is 4.05. The molecule has 0 saturated heterocycles. The molecular formula is C23H21F2NO2. The van der Waals surface area contributed by atoms with E-state index in [2.05, 4.69) is 4.98 Å². The molecule has 0 bridgehead atoms. The normalized spacial score (nSPS) is 11.0. The standard InChI is InChI=1S/C23H21F2NO2/c1-14(2)11-21-18(17-5-3-4-6-20(17)25)13-19(23(27)28)22(26-21)12-15-7-9-16(24)10-8-15/h3-10,13-14H,11-12H2,1-2H3,(H,27,28). The number of carbonyl (C=O) groups is 1. The summed E-state index contributed by atoms with van der Waals surface area (Å²) in [7, 11) is 0. The number of aromatic carboxylic acids is 1. The molecule has 1 heterocycles. The van der Waals surface area contributed by atoms with E-state index in [0.29, 0.717) is 28.9 Å². The van der Waals surface area contributed by atoms with Crippen LogP contribution < -0.4 is 0 Å². The molecule has 0 spiro atoms. The van der Waals surface area contributed by atoms with E-state index in [1.54, 1.807) is 30.3 Å². The third-order valence-electron chi connectivity index (χ3n) is 4.46. The minimum atomic E-state index is -1.13. The first-order valence-corrected chi connectivity index (χ1v) is 9.10. The number of carboxylic acid groups (broad SMARTS) is 1. The van der Waals surface area contributed by atoms with Gasteiger partial charge in [-0.3, -0.25) is 4.98 Å². The molecule has 0 aliphatic rings. The highest BCUT2D eigenvalue weighted by Crippen LogP contribution is 2.30. The number of halogens is 2. The van der Waals surface area contributed by atoms with E-state index in [0.717, 1.165) is 5.56 Å². The molecule has 3 rings (SSSR count). The zero-order valence-electron chi connectivity index (χ0n) is 15.7. The third-order valence-corrected chi connectivity index (χ3v) is 4.46. The molecule has 0 fully saturated rings. The quantitative estimate of drug-likeness (QED) is 0.612. The van der Waals surface area contributed by atoms with Crippen molar-refractivity contribution in [1.82, 2.24) is 4.98 Å². The Morgan fingerprint density at radius 3 is 2.29 bits per heavy atom. The first kappa shape index (κ1) is 19.7. The predicted molar refractivity (Wildman–Crippen MR) is 104 cm³/mol. The van der Waals surface area contributed by atoms with Gasteiger partial charge in [-0.25, -0.2) is 13.6 Å². The molecule has 0 saturated carbocycles. The van der Waals surface area contributed by atoms with E-state index < -0.39 is 11.8 Å². The van der Waals surface area contributed by atoms with Crippen molar-refractivity contribution in [2.75, 3.05) is 0 Å². The number of hydrogen-bond acceptors (Lipinski definition) is 2. The molecule has 2 aromatic carbocycles. The lowest BCUT2D eigenvalue weighted by molar-refractivity contribution is 0.0695. The molecule has 144 valence electrons. The zero-order valence-corrected chi connectivity index (χ0v) is 15.7. The van der Waals surface area contributed by atoms with E-state index in [1.165, 1.54) is 24.3 Å². The Bertz CT molecular complexity index is 998. The van der Waals surface area contributed by atoms with E-state index in [-0.39, 0.29) is 23.7 Å². The van der Waals surface area contributed by atoms with Gasteiger partial charge < -0.3 is 5.11 Å². The summed E-state index contributed by atoms with van der Waals surface area (Å²) in [6.07, 6.45) is 0.838. The summed E-state index contributed by atoms with van der Waals surface area (Å²) in [5.74, 6) is -1.65. The Hall–Kier alpha value is -3.08. The SMILES string of the molecule is CC(C)Cc1nc(Cc2ccc(F)cc2)c(C(=O)O)cc1-c1ccccc1F. The number of pyridine rings is 1. The second-order valence-corrected chi connectivity index (χ2v) is 7.16. The number of aromatic nitrogens is 1. The monoisotopic (exact) mass is 381 g/mol. The second kappa shape index (κ2) is 8.30. The van der Waals surface area contributed by atoms with Gasteiger partial charge in [0.1, 0.15) is 11.6 Å². The average Bonchev–Trinajstić information content (AvgIpc) is 2.64. The van der Waals surface area contributed by atoms with Crippen LogP contribution in [0.5, 0.6) is 0 Å². The Morgan fingerprint density at radius 2 is 1.68 bits per heavy atom. The molecule has 0 aliphatic heterocycles. The lowest BCUT2D eigenvalue weighted by Gasteiger charge is -2.16. The van der Waals surface area contributed by atoms with Crippen LogP contribution >= 0.6 is 0 Å². The number of hydrogen-bond donors (Lipinski definition) is 1. The van der Waals surface area contributed by atoms with Gasteiger partial charge >= 0.3 is 5.97 Å². The fourth-order valence-corrected chi connectivity index (χ4v) is 3.16. The smallest absolute Gasteiger partial charge is 0.337 e. The van der Waals surface area contributed by atoms with Crippen LogP contribution in [0.25, 0.3) is 11.1 Å². The van der Waals surface area contributed by atoms with Gasteiger partial charge in [0.2, 0.25) is 0 Å². The summed E-state index contributed by atoms with van der Waals surface area (Å²) < 4.78 is 27.6. The Labute approximate surface area is 162 Å². The van der Waals surface area contributed by atoms with Crippen molar-refractivity contribution in [1.29, 1.82) is 0 Å². The van der Waals surface area contributed by atoms with Crippen molar-refractivity contribution in [2.45, 2.75) is 26.7 Å². The second-order valence-electron chi connectivity index (χ2n) is 7.16. The molecular weight excluding hydrogens is 360 g/mol. The van der Waals surface area contributed by atoms with E-state index in [1.807, 2.05) is 13.8 Å². The fraction of sp³-hybridized carbons (Fsp3) is 0.217. The first-order chi connectivity index (χ1) is 13.3. The summed E-state index contributed by atoms with van der Waals surface area (Å²) in [5.41, 5.74) is 2.64. The van der Waals surface area contributed by atoms with Crippen molar-refractivity contribution >= 4 is 5.97 Å². The third kappa shape index (κ3) is 4.42. The first-order valence-electron chi connectivity index (χ1n) is 9.10. The Balaban J connectivity index is 2.16. The van der Waals surface area contributed by atoms with Crippen LogP contribution in [0.1, 0.15) is 41.2 Å². The number of benzene rings is 2.